The van der Waals surface area contributed by atoms with Gasteiger partial charge in [-0.25, -0.2) is 0 Å². The summed E-state index contributed by atoms with van der Waals surface area (Å²) in [6.45, 7) is 4.22. The molecule has 2 atom stereocenters. The highest BCUT2D eigenvalue weighted by Gasteiger charge is 2.28. The highest BCUT2D eigenvalue weighted by Crippen LogP contribution is 2.37. The standard InChI is InChI=1S/C20H24O3/c1-2-22-18-12-6-7-13-19(18)23-20(16-9-4-3-5-10-16)17-11-8-14-21-15-17/h3-7,9-10,12-13,17,20H,2,8,11,14-15H2,1H3. The maximum Gasteiger partial charge on any atom is 0.162 e. The molecule has 2 unspecified atom stereocenters. The van der Waals surface area contributed by atoms with E-state index in [9.17, 15) is 0 Å². The lowest BCUT2D eigenvalue weighted by atomic mass is 9.91. The van der Waals surface area contributed by atoms with Gasteiger partial charge >= 0.3 is 0 Å². The Balaban J connectivity index is 1.86. The van der Waals surface area contributed by atoms with Crippen molar-refractivity contribution in [3.8, 4) is 11.5 Å². The Bertz CT molecular complexity index is 591. The smallest absolute Gasteiger partial charge is 0.162 e. The second kappa shape index (κ2) is 8.02. The maximum atomic E-state index is 6.42. The van der Waals surface area contributed by atoms with Crippen molar-refractivity contribution < 1.29 is 14.2 Å². The van der Waals surface area contributed by atoms with E-state index in [0.29, 0.717) is 12.5 Å². The number of hydrogen-bond donors (Lipinski definition) is 0. The van der Waals surface area contributed by atoms with Crippen LogP contribution < -0.4 is 9.47 Å². The van der Waals surface area contributed by atoms with E-state index in [1.54, 1.807) is 0 Å². The van der Waals surface area contributed by atoms with Crippen LogP contribution in [0.25, 0.3) is 0 Å². The molecule has 0 aliphatic carbocycles. The molecule has 1 heterocycles. The van der Waals surface area contributed by atoms with Crippen molar-refractivity contribution in [2.75, 3.05) is 19.8 Å². The van der Waals surface area contributed by atoms with Crippen LogP contribution >= 0.6 is 0 Å². The number of para-hydroxylation sites is 2. The van der Waals surface area contributed by atoms with E-state index < -0.39 is 0 Å². The second-order valence-electron chi connectivity index (χ2n) is 5.81. The van der Waals surface area contributed by atoms with Crippen molar-refractivity contribution in [1.82, 2.24) is 0 Å². The first kappa shape index (κ1) is 15.9. The van der Waals surface area contributed by atoms with Crippen LogP contribution in [-0.4, -0.2) is 19.8 Å². The third kappa shape index (κ3) is 4.05. The summed E-state index contributed by atoms with van der Waals surface area (Å²) in [5.41, 5.74) is 1.19. The van der Waals surface area contributed by atoms with E-state index >= 15 is 0 Å². The molecule has 1 fully saturated rings. The molecule has 0 bridgehead atoms. The highest BCUT2D eigenvalue weighted by molar-refractivity contribution is 5.40. The lowest BCUT2D eigenvalue weighted by Gasteiger charge is -2.31. The van der Waals surface area contributed by atoms with Gasteiger partial charge in [-0.3, -0.25) is 0 Å². The fourth-order valence-corrected chi connectivity index (χ4v) is 3.04. The zero-order valence-corrected chi connectivity index (χ0v) is 13.6. The largest absolute Gasteiger partial charge is 0.490 e. The van der Waals surface area contributed by atoms with E-state index in [-0.39, 0.29) is 6.10 Å². The van der Waals surface area contributed by atoms with Gasteiger partial charge in [0.1, 0.15) is 6.10 Å². The van der Waals surface area contributed by atoms with Gasteiger partial charge in [0, 0.05) is 12.5 Å². The Hall–Kier alpha value is -2.00. The van der Waals surface area contributed by atoms with Crippen molar-refractivity contribution in [2.24, 2.45) is 5.92 Å². The highest BCUT2D eigenvalue weighted by atomic mass is 16.5. The molecule has 0 saturated carbocycles. The minimum Gasteiger partial charge on any atom is -0.490 e. The van der Waals surface area contributed by atoms with Crippen molar-refractivity contribution in [2.45, 2.75) is 25.9 Å². The molecule has 0 radical (unpaired) electrons. The first-order valence-corrected chi connectivity index (χ1v) is 8.39. The summed E-state index contributed by atoms with van der Waals surface area (Å²) < 4.78 is 17.8. The van der Waals surface area contributed by atoms with Crippen molar-refractivity contribution in [3.05, 3.63) is 60.2 Å². The van der Waals surface area contributed by atoms with Gasteiger partial charge in [0.25, 0.3) is 0 Å². The van der Waals surface area contributed by atoms with Gasteiger partial charge in [0.05, 0.1) is 13.2 Å². The lowest BCUT2D eigenvalue weighted by molar-refractivity contribution is -0.000968. The number of hydrogen-bond acceptors (Lipinski definition) is 3. The Morgan fingerprint density at radius 2 is 1.78 bits per heavy atom. The predicted molar refractivity (Wildman–Crippen MR) is 91.0 cm³/mol. The minimum absolute atomic E-state index is 0.0156. The Morgan fingerprint density at radius 3 is 2.48 bits per heavy atom. The fraction of sp³-hybridized carbons (Fsp3) is 0.400. The zero-order valence-electron chi connectivity index (χ0n) is 13.6. The molecule has 122 valence electrons. The maximum absolute atomic E-state index is 6.42. The molecule has 1 saturated heterocycles. The zero-order chi connectivity index (χ0) is 15.9. The van der Waals surface area contributed by atoms with Gasteiger partial charge in [0.2, 0.25) is 0 Å². The third-order valence-corrected chi connectivity index (χ3v) is 4.15. The van der Waals surface area contributed by atoms with Crippen LogP contribution in [0, 0.1) is 5.92 Å². The van der Waals surface area contributed by atoms with Crippen LogP contribution in [0.4, 0.5) is 0 Å². The van der Waals surface area contributed by atoms with E-state index in [1.165, 1.54) is 5.56 Å². The molecular formula is C20H24O3. The van der Waals surface area contributed by atoms with E-state index in [4.69, 9.17) is 14.2 Å². The normalized spacial score (nSPS) is 19.1. The minimum atomic E-state index is -0.0156. The molecular weight excluding hydrogens is 288 g/mol. The van der Waals surface area contributed by atoms with Crippen LogP contribution in [0.1, 0.15) is 31.4 Å². The number of benzene rings is 2. The summed E-state index contributed by atoms with van der Waals surface area (Å²) >= 11 is 0. The molecule has 23 heavy (non-hydrogen) atoms. The molecule has 0 amide bonds. The second-order valence-corrected chi connectivity index (χ2v) is 5.81. The quantitative estimate of drug-likeness (QED) is 0.778. The summed E-state index contributed by atoms with van der Waals surface area (Å²) in [5.74, 6) is 1.96. The van der Waals surface area contributed by atoms with E-state index in [2.05, 4.69) is 24.3 Å². The average Bonchev–Trinajstić information content (AvgIpc) is 2.63. The molecule has 3 nitrogen and oxygen atoms in total. The lowest BCUT2D eigenvalue weighted by Crippen LogP contribution is -2.27. The van der Waals surface area contributed by atoms with Gasteiger partial charge in [-0.15, -0.1) is 0 Å². The first-order chi connectivity index (χ1) is 11.4. The van der Waals surface area contributed by atoms with Crippen molar-refractivity contribution in [1.29, 1.82) is 0 Å². The van der Waals surface area contributed by atoms with Crippen molar-refractivity contribution in [3.63, 3.8) is 0 Å². The molecule has 3 heteroatoms. The summed E-state index contributed by atoms with van der Waals surface area (Å²) in [7, 11) is 0. The molecule has 0 spiro atoms. The molecule has 3 rings (SSSR count). The topological polar surface area (TPSA) is 27.7 Å². The molecule has 0 N–H and O–H groups in total. The predicted octanol–water partition coefficient (Wildman–Crippen LogP) is 4.63. The summed E-state index contributed by atoms with van der Waals surface area (Å²) in [4.78, 5) is 0. The number of rotatable bonds is 6. The Morgan fingerprint density at radius 1 is 1.04 bits per heavy atom. The van der Waals surface area contributed by atoms with Crippen molar-refractivity contribution >= 4 is 0 Å². The van der Waals surface area contributed by atoms with Gasteiger partial charge < -0.3 is 14.2 Å². The summed E-state index contributed by atoms with van der Waals surface area (Å²) in [6.07, 6.45) is 2.19. The Labute approximate surface area is 138 Å². The Kier molecular flexibility index (Phi) is 5.54. The average molecular weight is 312 g/mol. The van der Waals surface area contributed by atoms with Crippen LogP contribution in [-0.2, 0) is 4.74 Å². The van der Waals surface area contributed by atoms with Crippen LogP contribution in [0.5, 0.6) is 11.5 Å². The first-order valence-electron chi connectivity index (χ1n) is 8.39. The van der Waals surface area contributed by atoms with Crippen LogP contribution in [0.15, 0.2) is 54.6 Å². The van der Waals surface area contributed by atoms with Crippen LogP contribution in [0.3, 0.4) is 0 Å². The number of ether oxygens (including phenoxy) is 3. The van der Waals surface area contributed by atoms with Gasteiger partial charge in [-0.05, 0) is 37.5 Å². The van der Waals surface area contributed by atoms with Crippen LogP contribution in [0.2, 0.25) is 0 Å². The molecule has 2 aromatic rings. The molecule has 2 aromatic carbocycles. The molecule has 0 aromatic heterocycles. The monoisotopic (exact) mass is 312 g/mol. The SMILES string of the molecule is CCOc1ccccc1OC(c1ccccc1)C1CCCOC1. The van der Waals surface area contributed by atoms with E-state index in [1.807, 2.05) is 37.3 Å². The fourth-order valence-electron chi connectivity index (χ4n) is 3.04. The third-order valence-electron chi connectivity index (χ3n) is 4.15. The summed E-state index contributed by atoms with van der Waals surface area (Å²) in [6, 6.07) is 18.3. The van der Waals surface area contributed by atoms with Gasteiger partial charge in [-0.1, -0.05) is 42.5 Å². The van der Waals surface area contributed by atoms with Gasteiger partial charge in [-0.2, -0.15) is 0 Å². The summed E-state index contributed by atoms with van der Waals surface area (Å²) in [5, 5.41) is 0. The van der Waals surface area contributed by atoms with E-state index in [0.717, 1.165) is 37.6 Å². The molecule has 1 aliphatic rings. The molecule has 1 aliphatic heterocycles. The van der Waals surface area contributed by atoms with Gasteiger partial charge in [0.15, 0.2) is 11.5 Å².